The summed E-state index contributed by atoms with van der Waals surface area (Å²) in [6.45, 7) is 1.86. The number of carbonyl (C=O) groups excluding carboxylic acids is 3. The molecule has 0 unspecified atom stereocenters. The van der Waals surface area contributed by atoms with Crippen molar-refractivity contribution in [2.24, 2.45) is 0 Å². The standard InChI is InChI=1S/C19H21N3O5/c1-3-20-19(25)22-17(23)12-27-14-10-8-13(9-11-14)21-18(24)15-6-4-5-7-16(15)26-2/h4-11H,3,12H2,1-2H3,(H,21,24)(H2,20,22,23,25). The Morgan fingerprint density at radius 2 is 1.70 bits per heavy atom. The molecule has 0 fully saturated rings. The van der Waals surface area contributed by atoms with Crippen LogP contribution in [0.4, 0.5) is 10.5 Å². The van der Waals surface area contributed by atoms with E-state index in [9.17, 15) is 14.4 Å². The third-order valence-corrected chi connectivity index (χ3v) is 3.42. The molecule has 8 heteroatoms. The van der Waals surface area contributed by atoms with Gasteiger partial charge in [0.2, 0.25) is 0 Å². The SMILES string of the molecule is CCNC(=O)NC(=O)COc1ccc(NC(=O)c2ccccc2OC)cc1. The number of ether oxygens (including phenoxy) is 2. The largest absolute Gasteiger partial charge is 0.496 e. The molecule has 0 aromatic heterocycles. The van der Waals surface area contributed by atoms with Crippen molar-refractivity contribution in [2.45, 2.75) is 6.92 Å². The number of anilines is 1. The van der Waals surface area contributed by atoms with Gasteiger partial charge in [-0.2, -0.15) is 0 Å². The van der Waals surface area contributed by atoms with Gasteiger partial charge in [0, 0.05) is 12.2 Å². The summed E-state index contributed by atoms with van der Waals surface area (Å²) < 4.78 is 10.5. The quantitative estimate of drug-likeness (QED) is 0.692. The second-order valence-electron chi connectivity index (χ2n) is 5.38. The van der Waals surface area contributed by atoms with Gasteiger partial charge in [-0.15, -0.1) is 0 Å². The van der Waals surface area contributed by atoms with E-state index < -0.39 is 11.9 Å². The maximum Gasteiger partial charge on any atom is 0.321 e. The van der Waals surface area contributed by atoms with E-state index in [0.717, 1.165) is 0 Å². The molecule has 0 aliphatic rings. The van der Waals surface area contributed by atoms with E-state index >= 15 is 0 Å². The third-order valence-electron chi connectivity index (χ3n) is 3.42. The summed E-state index contributed by atoms with van der Waals surface area (Å²) >= 11 is 0. The summed E-state index contributed by atoms with van der Waals surface area (Å²) in [5.41, 5.74) is 0.979. The molecule has 0 saturated carbocycles. The molecule has 2 aromatic rings. The van der Waals surface area contributed by atoms with Gasteiger partial charge in [0.15, 0.2) is 6.61 Å². The lowest BCUT2D eigenvalue weighted by Crippen LogP contribution is -2.41. The smallest absolute Gasteiger partial charge is 0.321 e. The van der Waals surface area contributed by atoms with E-state index in [0.29, 0.717) is 29.3 Å². The lowest BCUT2D eigenvalue weighted by atomic mass is 10.2. The van der Waals surface area contributed by atoms with Crippen LogP contribution in [0.5, 0.6) is 11.5 Å². The van der Waals surface area contributed by atoms with Crippen molar-refractivity contribution >= 4 is 23.5 Å². The Labute approximate surface area is 156 Å². The van der Waals surface area contributed by atoms with Crippen molar-refractivity contribution < 1.29 is 23.9 Å². The van der Waals surface area contributed by atoms with Gasteiger partial charge in [-0.1, -0.05) is 12.1 Å². The van der Waals surface area contributed by atoms with E-state index in [4.69, 9.17) is 9.47 Å². The molecule has 0 atom stereocenters. The highest BCUT2D eigenvalue weighted by atomic mass is 16.5. The number of hydrogen-bond donors (Lipinski definition) is 3. The van der Waals surface area contributed by atoms with Gasteiger partial charge in [0.1, 0.15) is 11.5 Å². The van der Waals surface area contributed by atoms with Gasteiger partial charge < -0.3 is 20.1 Å². The molecule has 2 rings (SSSR count). The van der Waals surface area contributed by atoms with Crippen LogP contribution in [0.1, 0.15) is 17.3 Å². The Kier molecular flexibility index (Phi) is 7.18. The van der Waals surface area contributed by atoms with Gasteiger partial charge in [0.05, 0.1) is 12.7 Å². The van der Waals surface area contributed by atoms with Gasteiger partial charge in [-0.25, -0.2) is 4.79 Å². The maximum absolute atomic E-state index is 12.3. The molecule has 4 amide bonds. The number of rotatable bonds is 7. The van der Waals surface area contributed by atoms with E-state index in [1.165, 1.54) is 7.11 Å². The van der Waals surface area contributed by atoms with Crippen LogP contribution in [0, 0.1) is 0 Å². The molecule has 8 nitrogen and oxygen atoms in total. The zero-order valence-corrected chi connectivity index (χ0v) is 15.1. The molecule has 3 N–H and O–H groups in total. The number of methoxy groups -OCH3 is 1. The van der Waals surface area contributed by atoms with Crippen molar-refractivity contribution in [3.8, 4) is 11.5 Å². The second kappa shape index (κ2) is 9.81. The minimum Gasteiger partial charge on any atom is -0.496 e. The van der Waals surface area contributed by atoms with Gasteiger partial charge in [-0.05, 0) is 43.3 Å². The molecular formula is C19H21N3O5. The predicted molar refractivity (Wildman–Crippen MR) is 100 cm³/mol. The molecule has 0 heterocycles. The van der Waals surface area contributed by atoms with Crippen LogP contribution in [0.3, 0.4) is 0 Å². The summed E-state index contributed by atoms with van der Waals surface area (Å²) in [5, 5.41) is 7.34. The number of urea groups is 1. The third kappa shape index (κ3) is 6.03. The first kappa shape index (κ1) is 19.8. The molecule has 0 spiro atoms. The van der Waals surface area contributed by atoms with Crippen molar-refractivity contribution in [3.63, 3.8) is 0 Å². The Morgan fingerprint density at radius 3 is 2.37 bits per heavy atom. The first-order valence-electron chi connectivity index (χ1n) is 8.28. The summed E-state index contributed by atoms with van der Waals surface area (Å²) in [7, 11) is 1.50. The zero-order valence-electron chi connectivity index (χ0n) is 15.1. The number of amides is 4. The number of nitrogens with one attached hydrogen (secondary N) is 3. The highest BCUT2D eigenvalue weighted by Gasteiger charge is 2.12. The zero-order chi connectivity index (χ0) is 19.6. The molecule has 0 radical (unpaired) electrons. The normalized spacial score (nSPS) is 9.85. The second-order valence-corrected chi connectivity index (χ2v) is 5.38. The van der Waals surface area contributed by atoms with E-state index in [-0.39, 0.29) is 12.5 Å². The molecule has 0 bridgehead atoms. The number of para-hydroxylation sites is 1. The highest BCUT2D eigenvalue weighted by molar-refractivity contribution is 6.06. The van der Waals surface area contributed by atoms with Gasteiger partial charge in [-0.3, -0.25) is 14.9 Å². The lowest BCUT2D eigenvalue weighted by molar-refractivity contribution is -0.122. The summed E-state index contributed by atoms with van der Waals surface area (Å²) in [6.07, 6.45) is 0. The topological polar surface area (TPSA) is 106 Å². The molecule has 2 aromatic carbocycles. The summed E-state index contributed by atoms with van der Waals surface area (Å²) in [6, 6.07) is 12.8. The highest BCUT2D eigenvalue weighted by Crippen LogP contribution is 2.20. The van der Waals surface area contributed by atoms with E-state index in [2.05, 4.69) is 16.0 Å². The Balaban J connectivity index is 1.89. The van der Waals surface area contributed by atoms with Crippen LogP contribution in [-0.2, 0) is 4.79 Å². The van der Waals surface area contributed by atoms with E-state index in [1.807, 2.05) is 0 Å². The molecule has 27 heavy (non-hydrogen) atoms. The molecule has 0 aliphatic carbocycles. The molecular weight excluding hydrogens is 350 g/mol. The number of hydrogen-bond acceptors (Lipinski definition) is 5. The van der Waals surface area contributed by atoms with Crippen molar-refractivity contribution in [2.75, 3.05) is 25.6 Å². The lowest BCUT2D eigenvalue weighted by Gasteiger charge is -2.10. The van der Waals surface area contributed by atoms with Crippen LogP contribution >= 0.6 is 0 Å². The van der Waals surface area contributed by atoms with Gasteiger partial charge in [0.25, 0.3) is 11.8 Å². The average Bonchev–Trinajstić information content (AvgIpc) is 2.67. The Morgan fingerprint density at radius 1 is 1.00 bits per heavy atom. The molecule has 0 saturated heterocycles. The first-order valence-corrected chi connectivity index (χ1v) is 8.28. The fraction of sp³-hybridized carbons (Fsp3) is 0.211. The molecule has 0 aliphatic heterocycles. The summed E-state index contributed by atoms with van der Waals surface area (Å²) in [4.78, 5) is 35.1. The first-order chi connectivity index (χ1) is 13.0. The Hall–Kier alpha value is -3.55. The fourth-order valence-electron chi connectivity index (χ4n) is 2.18. The van der Waals surface area contributed by atoms with Crippen molar-refractivity contribution in [1.29, 1.82) is 0 Å². The van der Waals surface area contributed by atoms with Crippen LogP contribution in [0.2, 0.25) is 0 Å². The van der Waals surface area contributed by atoms with Crippen LogP contribution in [0.25, 0.3) is 0 Å². The minimum atomic E-state index is -0.569. The van der Waals surface area contributed by atoms with Crippen LogP contribution < -0.4 is 25.4 Å². The average molecular weight is 371 g/mol. The van der Waals surface area contributed by atoms with Crippen LogP contribution in [-0.4, -0.2) is 38.1 Å². The van der Waals surface area contributed by atoms with Crippen molar-refractivity contribution in [3.05, 3.63) is 54.1 Å². The minimum absolute atomic E-state index is 0.302. The van der Waals surface area contributed by atoms with Crippen molar-refractivity contribution in [1.82, 2.24) is 10.6 Å². The van der Waals surface area contributed by atoms with Crippen LogP contribution in [0.15, 0.2) is 48.5 Å². The van der Waals surface area contributed by atoms with E-state index in [1.54, 1.807) is 55.5 Å². The van der Waals surface area contributed by atoms with Gasteiger partial charge >= 0.3 is 6.03 Å². The summed E-state index contributed by atoms with van der Waals surface area (Å²) in [5.74, 6) is 0.0429. The fourth-order valence-corrected chi connectivity index (χ4v) is 2.18. The number of benzene rings is 2. The maximum atomic E-state index is 12.3. The predicted octanol–water partition coefficient (Wildman–Crippen LogP) is 2.17. The number of imide groups is 1. The Bertz CT molecular complexity index is 805. The molecule has 142 valence electrons. The monoisotopic (exact) mass is 371 g/mol. The number of carbonyl (C=O) groups is 3.